The Kier molecular flexibility index (Phi) is 10.8. The summed E-state index contributed by atoms with van der Waals surface area (Å²) < 4.78 is 13.0. The molecule has 0 aromatic heterocycles. The van der Waals surface area contributed by atoms with E-state index in [1.54, 1.807) is 17.9 Å². The summed E-state index contributed by atoms with van der Waals surface area (Å²) in [5.74, 6) is -3.55. The zero-order valence-electron chi connectivity index (χ0n) is 27.9. The van der Waals surface area contributed by atoms with E-state index in [2.05, 4.69) is 40.0 Å². The molecule has 2 fully saturated rings. The number of fused-ring (bicyclic) bond motifs is 2. The van der Waals surface area contributed by atoms with Crippen molar-refractivity contribution >= 4 is 51.0 Å². The number of carbonyl (C=O) groups excluding carboxylic acids is 4. The third kappa shape index (κ3) is 6.61. The first kappa shape index (κ1) is 35.1. The third-order valence-electron chi connectivity index (χ3n) is 9.67. The Morgan fingerprint density at radius 3 is 2.43 bits per heavy atom. The van der Waals surface area contributed by atoms with Gasteiger partial charge >= 0.3 is 5.97 Å². The van der Waals surface area contributed by atoms with Crippen LogP contribution < -0.4 is 15.1 Å². The fourth-order valence-electron chi connectivity index (χ4n) is 7.50. The van der Waals surface area contributed by atoms with Gasteiger partial charge in [-0.05, 0) is 69.9 Å². The predicted molar refractivity (Wildman–Crippen MR) is 182 cm³/mol. The van der Waals surface area contributed by atoms with E-state index in [-0.39, 0.29) is 43.8 Å². The van der Waals surface area contributed by atoms with Crippen LogP contribution in [0, 0.1) is 17.8 Å². The second-order valence-electron chi connectivity index (χ2n) is 13.2. The summed E-state index contributed by atoms with van der Waals surface area (Å²) in [7, 11) is 0. The van der Waals surface area contributed by atoms with Crippen molar-refractivity contribution in [2.45, 2.75) is 83.8 Å². The minimum Gasteiger partial charge on any atom is -0.460 e. The summed E-state index contributed by atoms with van der Waals surface area (Å²) in [4.78, 5) is 61.3. The Balaban J connectivity index is 1.64. The fourth-order valence-corrected chi connectivity index (χ4v) is 8.23. The predicted octanol–water partition coefficient (Wildman–Crippen LogP) is 3.54. The number of nitrogens with one attached hydrogen (secondary N) is 1. The molecule has 4 aliphatic rings. The van der Waals surface area contributed by atoms with E-state index >= 15 is 4.79 Å². The van der Waals surface area contributed by atoms with E-state index in [9.17, 15) is 19.5 Å². The van der Waals surface area contributed by atoms with Crippen LogP contribution in [0.25, 0.3) is 0 Å². The number of carbonyl (C=O) groups is 4. The van der Waals surface area contributed by atoms with Gasteiger partial charge in [0.15, 0.2) is 0 Å². The molecule has 1 spiro atoms. The first-order valence-electron chi connectivity index (χ1n) is 16.7. The van der Waals surface area contributed by atoms with Gasteiger partial charge in [-0.2, -0.15) is 0 Å². The van der Waals surface area contributed by atoms with Crippen LogP contribution in [-0.4, -0.2) is 96.4 Å². The zero-order chi connectivity index (χ0) is 34.0. The number of aliphatic hydroxyl groups is 1. The first-order chi connectivity index (χ1) is 22.5. The third-order valence-corrected chi connectivity index (χ3v) is 10.4. The molecule has 0 unspecified atom stereocenters. The van der Waals surface area contributed by atoms with Crippen molar-refractivity contribution < 1.29 is 33.8 Å². The molecule has 7 atom stereocenters. The van der Waals surface area contributed by atoms with E-state index in [1.807, 2.05) is 50.3 Å². The molecule has 1 aromatic rings. The van der Waals surface area contributed by atoms with Crippen LogP contribution in [0.1, 0.15) is 53.9 Å². The van der Waals surface area contributed by atoms with Gasteiger partial charge in [0.1, 0.15) is 29.8 Å². The van der Waals surface area contributed by atoms with Crippen LogP contribution in [-0.2, 0) is 28.7 Å². The molecule has 4 aliphatic heterocycles. The van der Waals surface area contributed by atoms with Crippen molar-refractivity contribution in [1.29, 1.82) is 0 Å². The van der Waals surface area contributed by atoms with Crippen LogP contribution in [0.3, 0.4) is 0 Å². The van der Waals surface area contributed by atoms with Gasteiger partial charge in [0.25, 0.3) is 5.91 Å². The van der Waals surface area contributed by atoms with Gasteiger partial charge in [0.05, 0.1) is 25.1 Å². The van der Waals surface area contributed by atoms with Crippen LogP contribution in [0.4, 0.5) is 11.4 Å². The summed E-state index contributed by atoms with van der Waals surface area (Å²) >= 11 is 3.58. The van der Waals surface area contributed by atoms with Gasteiger partial charge in [0.2, 0.25) is 11.8 Å². The van der Waals surface area contributed by atoms with E-state index in [4.69, 9.17) is 9.47 Å². The first-order valence-corrected chi connectivity index (χ1v) is 17.5. The molecule has 256 valence electrons. The highest BCUT2D eigenvalue weighted by molar-refractivity contribution is 9.11. The molecule has 0 radical (unpaired) electrons. The Hall–Kier alpha value is -3.22. The minimum atomic E-state index is -1.46. The number of rotatable bonds is 8. The number of hydrogen-bond donors (Lipinski definition) is 2. The van der Waals surface area contributed by atoms with Gasteiger partial charge in [0, 0.05) is 41.9 Å². The van der Waals surface area contributed by atoms with Crippen LogP contribution in [0.15, 0.2) is 47.0 Å². The van der Waals surface area contributed by atoms with Gasteiger partial charge in [-0.25, -0.2) is 0 Å². The van der Waals surface area contributed by atoms with Crippen LogP contribution >= 0.6 is 15.9 Å². The molecule has 0 aliphatic carbocycles. The topological polar surface area (TPSA) is 129 Å². The van der Waals surface area contributed by atoms with Gasteiger partial charge in [-0.1, -0.05) is 41.9 Å². The van der Waals surface area contributed by atoms with E-state index in [1.165, 1.54) is 4.90 Å². The molecule has 1 aromatic carbocycles. The number of allylic oxidation sites excluding steroid dienone is 1. The number of aliphatic hydroxyl groups excluding tert-OH is 1. The number of halogens is 1. The van der Waals surface area contributed by atoms with E-state index in [0.717, 1.165) is 18.8 Å². The Morgan fingerprint density at radius 1 is 1.09 bits per heavy atom. The second-order valence-corrected chi connectivity index (χ2v) is 14.2. The molecule has 5 rings (SSSR count). The molecule has 3 amide bonds. The lowest BCUT2D eigenvalue weighted by Crippen LogP contribution is -2.59. The number of likely N-dealkylation sites (tertiary alicyclic amines) is 1. The second kappa shape index (κ2) is 14.5. The summed E-state index contributed by atoms with van der Waals surface area (Å²) in [6.07, 6.45) is 5.17. The molecule has 4 heterocycles. The number of cyclic esters (lactones) is 1. The smallest absolute Gasteiger partial charge is 0.313 e. The molecule has 2 saturated heterocycles. The molecule has 11 nitrogen and oxygen atoms in total. The lowest BCUT2D eigenvalue weighted by Gasteiger charge is -2.39. The Bertz CT molecular complexity index is 1410. The number of nitrogens with zero attached hydrogens (tertiary/aromatic N) is 3. The fraction of sp³-hybridized carbons (Fsp3) is 0.600. The number of benzene rings is 1. The quantitative estimate of drug-likeness (QED) is 0.309. The summed E-state index contributed by atoms with van der Waals surface area (Å²) in [6, 6.07) is 5.90. The summed E-state index contributed by atoms with van der Waals surface area (Å²) in [5, 5.41) is 13.5. The van der Waals surface area contributed by atoms with Crippen molar-refractivity contribution in [3.8, 4) is 0 Å². The lowest BCUT2D eigenvalue weighted by atomic mass is 9.74. The number of amides is 3. The highest BCUT2D eigenvalue weighted by atomic mass is 79.9. The summed E-state index contributed by atoms with van der Waals surface area (Å²) in [5.41, 5.74) is 0.190. The zero-order valence-corrected chi connectivity index (χ0v) is 29.4. The lowest BCUT2D eigenvalue weighted by molar-refractivity contribution is -0.159. The Morgan fingerprint density at radius 2 is 1.79 bits per heavy atom. The maximum Gasteiger partial charge on any atom is 0.313 e. The van der Waals surface area contributed by atoms with Crippen molar-refractivity contribution in [3.05, 3.63) is 47.0 Å². The molecule has 47 heavy (non-hydrogen) atoms. The maximum atomic E-state index is 15.1. The normalized spacial score (nSPS) is 31.1. The largest absolute Gasteiger partial charge is 0.460 e. The Labute approximate surface area is 285 Å². The van der Waals surface area contributed by atoms with Crippen molar-refractivity contribution in [2.75, 3.05) is 42.6 Å². The monoisotopic (exact) mass is 714 g/mol. The molecule has 2 N–H and O–H groups in total. The van der Waals surface area contributed by atoms with E-state index < -0.39 is 53.6 Å². The minimum absolute atomic E-state index is 0.113. The van der Waals surface area contributed by atoms with Gasteiger partial charge in [-0.15, -0.1) is 0 Å². The average molecular weight is 716 g/mol. The van der Waals surface area contributed by atoms with E-state index in [0.29, 0.717) is 23.0 Å². The SMILES string of the molecule is CCN(CC)c1ccc(N2C/C=C\CCC(=O)NC[C@H](C)OC(=O)[C@H]3[C@@H]4O[C@@]5(C=C4Br)[C@@H]3C(=O)N([C@@H](CO)CC(C)C)[C@@H]5C2=O)cc1. The number of ether oxygens (including phenoxy) is 2. The molecule has 0 saturated carbocycles. The molecular formula is C35H47BrN4O7. The van der Waals surface area contributed by atoms with Crippen molar-refractivity contribution in [2.24, 2.45) is 17.8 Å². The number of anilines is 2. The molecule has 12 heteroatoms. The molecular weight excluding hydrogens is 668 g/mol. The van der Waals surface area contributed by atoms with Crippen LogP contribution in [0.2, 0.25) is 0 Å². The van der Waals surface area contributed by atoms with Gasteiger partial charge in [-0.3, -0.25) is 19.2 Å². The standard InChI is InChI=1S/C35H47BrN4O7/c1-6-38(7-2)23-12-14-24(15-13-23)39-16-10-8-9-11-27(42)37-19-22(5)46-34(45)28-29-32(43)40(25(20-41)17-21(3)4)31(33(39)44)35(29)18-26(36)30(28)47-35/h8,10,12-15,18,21-22,25,28-31,41H,6-7,9,11,16-17,19-20H2,1-5H3,(H,37,42)/b10-8-/t22-,25+,28+,29-,30+,31+,35-/m0/s1. The van der Waals surface area contributed by atoms with Crippen molar-refractivity contribution in [1.82, 2.24) is 10.2 Å². The average Bonchev–Trinajstić information content (AvgIpc) is 3.64. The molecule has 5 bridgehead atoms. The van der Waals surface area contributed by atoms with Crippen LogP contribution in [0.5, 0.6) is 0 Å². The maximum absolute atomic E-state index is 15.1. The number of hydrogen-bond acceptors (Lipinski definition) is 8. The van der Waals surface area contributed by atoms with Gasteiger partial charge < -0.3 is 34.6 Å². The summed E-state index contributed by atoms with van der Waals surface area (Å²) in [6.45, 7) is 11.5. The van der Waals surface area contributed by atoms with Crippen molar-refractivity contribution in [3.63, 3.8) is 0 Å². The highest BCUT2D eigenvalue weighted by Gasteiger charge is 2.75. The highest BCUT2D eigenvalue weighted by Crippen LogP contribution is 2.59. The number of esters is 1.